The third-order valence-electron chi connectivity index (χ3n) is 5.06. The van der Waals surface area contributed by atoms with Gasteiger partial charge in [0.2, 0.25) is 17.5 Å². The molecular weight excluding hydrogens is 434 g/mol. The Bertz CT molecular complexity index is 1230. The number of nitrogens with one attached hydrogen (secondary N) is 1. The molecule has 9 nitrogen and oxygen atoms in total. The van der Waals surface area contributed by atoms with Crippen LogP contribution in [0.3, 0.4) is 0 Å². The minimum Gasteiger partial charge on any atom is -0.495 e. The summed E-state index contributed by atoms with van der Waals surface area (Å²) in [6.07, 6.45) is 0. The number of methoxy groups -OCH3 is 1. The second-order valence-corrected chi connectivity index (χ2v) is 7.28. The van der Waals surface area contributed by atoms with Gasteiger partial charge in [0.25, 0.3) is 0 Å². The third kappa shape index (κ3) is 4.79. The Morgan fingerprint density at radius 3 is 2.12 bits per heavy atom. The van der Waals surface area contributed by atoms with Gasteiger partial charge in [-0.15, -0.1) is 0 Å². The van der Waals surface area contributed by atoms with Gasteiger partial charge in [-0.05, 0) is 23.3 Å². The molecule has 4 aromatic rings. The summed E-state index contributed by atoms with van der Waals surface area (Å²) < 4.78 is 10.8. The van der Waals surface area contributed by atoms with Crippen LogP contribution in [0, 0.1) is 0 Å². The van der Waals surface area contributed by atoms with E-state index in [1.54, 1.807) is 79.9 Å². The van der Waals surface area contributed by atoms with Crippen LogP contribution in [0.2, 0.25) is 0 Å². The second-order valence-electron chi connectivity index (χ2n) is 7.28. The Hall–Kier alpha value is -4.50. The quantitative estimate of drug-likeness (QED) is 0.341. The molecule has 34 heavy (non-hydrogen) atoms. The Balaban J connectivity index is 1.57. The predicted octanol–water partition coefficient (Wildman–Crippen LogP) is 3.19. The molecule has 0 bridgehead atoms. The molecule has 0 fully saturated rings. The topological polar surface area (TPSA) is 132 Å². The molecule has 172 valence electrons. The van der Waals surface area contributed by atoms with Crippen molar-refractivity contribution in [1.29, 1.82) is 0 Å². The summed E-state index contributed by atoms with van der Waals surface area (Å²) in [5.41, 5.74) is 5.20. The fourth-order valence-electron chi connectivity index (χ4n) is 3.42. The van der Waals surface area contributed by atoms with Crippen molar-refractivity contribution in [2.45, 2.75) is 12.2 Å². The number of benzene rings is 3. The van der Waals surface area contributed by atoms with Crippen molar-refractivity contribution in [2.24, 2.45) is 0 Å². The molecule has 9 heteroatoms. The van der Waals surface area contributed by atoms with Crippen LogP contribution in [0.1, 0.15) is 17.0 Å². The van der Waals surface area contributed by atoms with E-state index >= 15 is 0 Å². The summed E-state index contributed by atoms with van der Waals surface area (Å²) in [5.74, 6) is -0.0700. The molecule has 0 saturated heterocycles. The molecule has 0 spiro atoms. The smallest absolute Gasteiger partial charge is 0.348 e. The van der Waals surface area contributed by atoms with Crippen molar-refractivity contribution >= 4 is 23.6 Å². The lowest BCUT2D eigenvalue weighted by Crippen LogP contribution is -2.38. The summed E-state index contributed by atoms with van der Waals surface area (Å²) >= 11 is 0. The number of carbonyl (C=O) groups is 1. The number of aliphatic hydroxyl groups is 1. The molecule has 0 unspecified atom stereocenters. The lowest BCUT2D eigenvalue weighted by atomic mass is 9.86. The fraction of sp³-hybridized carbons (Fsp3) is 0.120. The van der Waals surface area contributed by atoms with Crippen molar-refractivity contribution in [3.63, 3.8) is 0 Å². The number of nitrogens with two attached hydrogens (primary N) is 1. The van der Waals surface area contributed by atoms with Crippen LogP contribution in [0.15, 0.2) is 84.9 Å². The molecule has 3 aromatic carbocycles. The van der Waals surface area contributed by atoms with Crippen LogP contribution < -0.4 is 15.8 Å². The molecule has 4 N–H and O–H groups in total. The highest BCUT2D eigenvalue weighted by atomic mass is 16.5. The fourth-order valence-corrected chi connectivity index (χ4v) is 3.42. The maximum atomic E-state index is 13.2. The van der Waals surface area contributed by atoms with Crippen molar-refractivity contribution in [3.8, 4) is 5.75 Å². The van der Waals surface area contributed by atoms with Crippen molar-refractivity contribution in [3.05, 3.63) is 102 Å². The Morgan fingerprint density at radius 1 is 0.912 bits per heavy atom. The highest BCUT2D eigenvalue weighted by Crippen LogP contribution is 2.31. The lowest BCUT2D eigenvalue weighted by molar-refractivity contribution is -0.163. The molecule has 0 saturated carbocycles. The van der Waals surface area contributed by atoms with Crippen LogP contribution in [0.4, 0.5) is 17.6 Å². The molecule has 0 radical (unpaired) electrons. The summed E-state index contributed by atoms with van der Waals surface area (Å²) in [6, 6.07) is 24.4. The number of hydrogen-bond donors (Lipinski definition) is 3. The molecule has 1 aromatic heterocycles. The van der Waals surface area contributed by atoms with Crippen molar-refractivity contribution in [1.82, 2.24) is 15.0 Å². The molecular formula is C25H23N5O4. The van der Waals surface area contributed by atoms with Crippen LogP contribution in [0.25, 0.3) is 0 Å². The molecule has 0 aliphatic carbocycles. The number of carbonyl (C=O) groups excluding carboxylic acids is 1. The molecule has 0 aliphatic heterocycles. The summed E-state index contributed by atoms with van der Waals surface area (Å²) in [7, 11) is 1.55. The predicted molar refractivity (Wildman–Crippen MR) is 126 cm³/mol. The maximum absolute atomic E-state index is 13.2. The molecule has 0 aliphatic rings. The second kappa shape index (κ2) is 9.97. The van der Waals surface area contributed by atoms with Gasteiger partial charge in [-0.1, -0.05) is 72.8 Å². The number of esters is 1. The van der Waals surface area contributed by atoms with E-state index in [0.29, 0.717) is 22.6 Å². The van der Waals surface area contributed by atoms with Crippen LogP contribution >= 0.6 is 0 Å². The summed E-state index contributed by atoms with van der Waals surface area (Å²) in [5, 5.41) is 14.5. The summed E-state index contributed by atoms with van der Waals surface area (Å²) in [6.45, 7) is -0.325. The van der Waals surface area contributed by atoms with E-state index in [9.17, 15) is 9.90 Å². The number of ether oxygens (including phenoxy) is 2. The molecule has 0 amide bonds. The normalized spacial score (nSPS) is 11.0. The zero-order valence-corrected chi connectivity index (χ0v) is 18.4. The van der Waals surface area contributed by atoms with E-state index in [4.69, 9.17) is 15.2 Å². The first-order valence-electron chi connectivity index (χ1n) is 10.4. The number of hydrogen-bond acceptors (Lipinski definition) is 9. The highest BCUT2D eigenvalue weighted by molar-refractivity contribution is 5.85. The lowest BCUT2D eigenvalue weighted by Gasteiger charge is -2.27. The van der Waals surface area contributed by atoms with E-state index in [0.717, 1.165) is 0 Å². The van der Waals surface area contributed by atoms with Crippen LogP contribution in [-0.2, 0) is 21.7 Å². The van der Waals surface area contributed by atoms with Crippen molar-refractivity contribution < 1.29 is 19.4 Å². The van der Waals surface area contributed by atoms with E-state index in [1.165, 1.54) is 0 Å². The van der Waals surface area contributed by atoms with Gasteiger partial charge in [0.1, 0.15) is 5.75 Å². The number of anilines is 3. The Morgan fingerprint density at radius 2 is 1.50 bits per heavy atom. The highest BCUT2D eigenvalue weighted by Gasteiger charge is 2.41. The maximum Gasteiger partial charge on any atom is 0.348 e. The SMILES string of the molecule is COc1ccccc1Nc1nc(N)nc(COC(=O)C(O)(c2ccccc2)c2ccccc2)n1. The molecule has 4 rings (SSSR count). The van der Waals surface area contributed by atoms with Crippen LogP contribution in [0.5, 0.6) is 5.75 Å². The first-order chi connectivity index (χ1) is 16.5. The van der Waals surface area contributed by atoms with E-state index < -0.39 is 11.6 Å². The zero-order valence-electron chi connectivity index (χ0n) is 18.4. The summed E-state index contributed by atoms with van der Waals surface area (Å²) in [4.78, 5) is 25.6. The third-order valence-corrected chi connectivity index (χ3v) is 5.06. The van der Waals surface area contributed by atoms with Crippen molar-refractivity contribution in [2.75, 3.05) is 18.2 Å². The van der Waals surface area contributed by atoms with Gasteiger partial charge < -0.3 is 25.6 Å². The number of nitrogen functional groups attached to an aromatic ring is 1. The minimum absolute atomic E-state index is 0.0557. The monoisotopic (exact) mass is 457 g/mol. The number of nitrogens with zero attached hydrogens (tertiary/aromatic N) is 3. The largest absolute Gasteiger partial charge is 0.495 e. The average Bonchev–Trinajstić information content (AvgIpc) is 2.88. The van der Waals surface area contributed by atoms with Gasteiger partial charge in [-0.25, -0.2) is 4.79 Å². The number of aromatic nitrogens is 3. The van der Waals surface area contributed by atoms with E-state index in [-0.39, 0.29) is 24.3 Å². The first kappa shape index (κ1) is 22.7. The minimum atomic E-state index is -2.01. The molecule has 0 atom stereocenters. The van der Waals surface area contributed by atoms with Gasteiger partial charge in [0.15, 0.2) is 12.4 Å². The Labute approximate surface area is 196 Å². The number of rotatable bonds is 8. The van der Waals surface area contributed by atoms with E-state index in [1.807, 2.05) is 12.1 Å². The van der Waals surface area contributed by atoms with Gasteiger partial charge in [0.05, 0.1) is 12.8 Å². The van der Waals surface area contributed by atoms with Crippen LogP contribution in [-0.4, -0.2) is 33.1 Å². The first-order valence-corrected chi connectivity index (χ1v) is 10.4. The molecule has 1 heterocycles. The van der Waals surface area contributed by atoms with E-state index in [2.05, 4.69) is 20.3 Å². The van der Waals surface area contributed by atoms with Gasteiger partial charge in [-0.3, -0.25) is 0 Å². The zero-order chi connectivity index (χ0) is 24.0. The number of para-hydroxylation sites is 2. The van der Waals surface area contributed by atoms with Gasteiger partial charge in [-0.2, -0.15) is 15.0 Å². The Kier molecular flexibility index (Phi) is 6.65. The van der Waals surface area contributed by atoms with Gasteiger partial charge in [0, 0.05) is 0 Å². The standard InChI is InChI=1S/C25H23N5O4/c1-33-20-15-9-8-14-19(20)27-24-29-21(28-23(26)30-24)16-34-22(31)25(32,17-10-4-2-5-11-17)18-12-6-3-7-13-18/h2-15,32H,16H2,1H3,(H3,26,27,28,29,30). The average molecular weight is 457 g/mol. The van der Waals surface area contributed by atoms with Gasteiger partial charge >= 0.3 is 5.97 Å².